The van der Waals surface area contributed by atoms with Gasteiger partial charge in [0.15, 0.2) is 17.3 Å². The zero-order chi connectivity index (χ0) is 29.7. The quantitative estimate of drug-likeness (QED) is 0.280. The summed E-state index contributed by atoms with van der Waals surface area (Å²) in [5.74, 6) is -2.65. The van der Waals surface area contributed by atoms with Crippen LogP contribution in [0.25, 0.3) is 0 Å². The van der Waals surface area contributed by atoms with E-state index in [4.69, 9.17) is 23.7 Å². The van der Waals surface area contributed by atoms with Gasteiger partial charge >= 0.3 is 11.9 Å². The molecule has 1 aliphatic heterocycles. The van der Waals surface area contributed by atoms with Crippen LogP contribution in [-0.4, -0.2) is 52.3 Å². The predicted octanol–water partition coefficient (Wildman–Crippen LogP) is 5.27. The zero-order valence-corrected chi connectivity index (χ0v) is 25.1. The van der Waals surface area contributed by atoms with Crippen LogP contribution in [0.5, 0.6) is 17.2 Å². The van der Waals surface area contributed by atoms with Crippen LogP contribution in [0.4, 0.5) is 0 Å². The van der Waals surface area contributed by atoms with Gasteiger partial charge < -0.3 is 29.0 Å². The van der Waals surface area contributed by atoms with Crippen molar-refractivity contribution < 1.29 is 38.1 Å². The summed E-state index contributed by atoms with van der Waals surface area (Å²) >= 11 is 1.50. The van der Waals surface area contributed by atoms with Crippen molar-refractivity contribution in [1.82, 2.24) is 5.32 Å². The molecule has 2 heterocycles. The van der Waals surface area contributed by atoms with Crippen molar-refractivity contribution in [2.75, 3.05) is 34.5 Å². The van der Waals surface area contributed by atoms with Crippen LogP contribution in [0.1, 0.15) is 62.3 Å². The summed E-state index contributed by atoms with van der Waals surface area (Å²) in [7, 11) is 4.52. The Morgan fingerprint density at radius 1 is 1.00 bits per heavy atom. The smallest absolute Gasteiger partial charge is 0.336 e. The first-order chi connectivity index (χ1) is 19.8. The highest BCUT2D eigenvalue weighted by molar-refractivity contribution is 7.10. The van der Waals surface area contributed by atoms with E-state index in [9.17, 15) is 14.4 Å². The number of hydrogen-bond acceptors (Lipinski definition) is 10. The Morgan fingerprint density at radius 2 is 1.68 bits per heavy atom. The third-order valence-electron chi connectivity index (χ3n) is 7.37. The van der Waals surface area contributed by atoms with E-state index in [0.29, 0.717) is 58.2 Å². The molecule has 1 aliphatic carbocycles. The highest BCUT2D eigenvalue weighted by Gasteiger charge is 2.50. The molecule has 0 radical (unpaired) electrons. The first-order valence-electron chi connectivity index (χ1n) is 13.8. The molecule has 220 valence electrons. The molecule has 0 unspecified atom stereocenters. The van der Waals surface area contributed by atoms with Gasteiger partial charge in [0.1, 0.15) is 5.92 Å². The number of hydrogen-bond donors (Lipinski definition) is 1. The second-order valence-corrected chi connectivity index (χ2v) is 10.7. The number of dihydropyridines is 1. The average Bonchev–Trinajstić information content (AvgIpc) is 3.51. The molecule has 10 heteroatoms. The Morgan fingerprint density at radius 3 is 2.22 bits per heavy atom. The van der Waals surface area contributed by atoms with E-state index in [2.05, 4.69) is 5.32 Å². The summed E-state index contributed by atoms with van der Waals surface area (Å²) in [5.41, 5.74) is 2.62. The molecule has 0 bridgehead atoms. The SMILES string of the molecule is CCCC1=C(C(=O)OCC)[C@H](c2cc(OC)c(OC)c(OC)c2)C2=C(C[C@H](c3cccs3)[C@H](C(=O)OCC)C2=O)N1. The van der Waals surface area contributed by atoms with Crippen molar-refractivity contribution in [2.24, 2.45) is 5.92 Å². The van der Waals surface area contributed by atoms with Gasteiger partial charge in [-0.25, -0.2) is 4.79 Å². The number of ether oxygens (including phenoxy) is 5. The molecule has 4 rings (SSSR count). The molecule has 0 amide bonds. The van der Waals surface area contributed by atoms with Crippen LogP contribution in [0.15, 0.2) is 52.2 Å². The summed E-state index contributed by atoms with van der Waals surface area (Å²) in [6, 6.07) is 7.32. The standard InChI is InChI=1S/C31H37NO8S/c1-7-11-19-27(31(35)40-9-3)24(17-14-21(36-4)29(38-6)22(15-17)37-5)26-20(32-19)16-18(23-12-10-13-41-23)25(28(26)33)30(34)39-8-2/h10,12-15,18,24-25,32H,7-9,11,16H2,1-6H3/t18-,24-,25+/m1/s1. The highest BCUT2D eigenvalue weighted by Crippen LogP contribution is 2.51. The summed E-state index contributed by atoms with van der Waals surface area (Å²) < 4.78 is 27.7. The minimum absolute atomic E-state index is 0.148. The molecule has 2 aliphatic rings. The van der Waals surface area contributed by atoms with Gasteiger partial charge in [0.25, 0.3) is 0 Å². The number of allylic oxidation sites excluding steroid dienone is 3. The van der Waals surface area contributed by atoms with E-state index in [0.717, 1.165) is 11.3 Å². The predicted molar refractivity (Wildman–Crippen MR) is 154 cm³/mol. The van der Waals surface area contributed by atoms with Gasteiger partial charge in [0, 0.05) is 33.7 Å². The number of rotatable bonds is 11. The number of methoxy groups -OCH3 is 3. The van der Waals surface area contributed by atoms with Gasteiger partial charge in [-0.3, -0.25) is 9.59 Å². The minimum atomic E-state index is -1.06. The molecule has 1 aromatic heterocycles. The van der Waals surface area contributed by atoms with Crippen LogP contribution in [-0.2, 0) is 23.9 Å². The summed E-state index contributed by atoms with van der Waals surface area (Å²) in [6.07, 6.45) is 1.71. The molecule has 0 saturated heterocycles. The number of carbonyl (C=O) groups is 3. The molecular weight excluding hydrogens is 546 g/mol. The lowest BCUT2D eigenvalue weighted by Crippen LogP contribution is -2.43. The number of benzene rings is 1. The zero-order valence-electron chi connectivity index (χ0n) is 24.3. The van der Waals surface area contributed by atoms with Crippen LogP contribution in [0, 0.1) is 5.92 Å². The molecule has 3 atom stereocenters. The minimum Gasteiger partial charge on any atom is -0.493 e. The van der Waals surface area contributed by atoms with Crippen molar-refractivity contribution in [3.05, 3.63) is 62.6 Å². The molecule has 9 nitrogen and oxygen atoms in total. The third kappa shape index (κ3) is 5.70. The monoisotopic (exact) mass is 583 g/mol. The normalized spacial score (nSPS) is 20.2. The van der Waals surface area contributed by atoms with Crippen molar-refractivity contribution >= 4 is 29.1 Å². The molecule has 41 heavy (non-hydrogen) atoms. The lowest BCUT2D eigenvalue weighted by atomic mass is 9.68. The van der Waals surface area contributed by atoms with Crippen molar-refractivity contribution in [3.63, 3.8) is 0 Å². The average molecular weight is 584 g/mol. The van der Waals surface area contributed by atoms with E-state index in [1.54, 1.807) is 26.0 Å². The fourth-order valence-corrected chi connectivity index (χ4v) is 6.58. The van der Waals surface area contributed by atoms with Gasteiger partial charge in [-0.15, -0.1) is 11.3 Å². The van der Waals surface area contributed by atoms with Crippen molar-refractivity contribution in [1.29, 1.82) is 0 Å². The Hall–Kier alpha value is -3.79. The second kappa shape index (κ2) is 13.2. The van der Waals surface area contributed by atoms with Gasteiger partial charge in [-0.1, -0.05) is 19.4 Å². The summed E-state index contributed by atoms with van der Waals surface area (Å²) in [6.45, 7) is 5.79. The lowest BCUT2D eigenvalue weighted by Gasteiger charge is -2.39. The molecule has 2 aromatic rings. The van der Waals surface area contributed by atoms with E-state index >= 15 is 0 Å². The maximum Gasteiger partial charge on any atom is 0.336 e. The largest absolute Gasteiger partial charge is 0.493 e. The van der Waals surface area contributed by atoms with Crippen molar-refractivity contribution in [2.45, 2.75) is 51.9 Å². The Kier molecular flexibility index (Phi) is 9.75. The van der Waals surface area contributed by atoms with E-state index in [1.807, 2.05) is 24.4 Å². The van der Waals surface area contributed by atoms with Gasteiger partial charge in [0.2, 0.25) is 5.75 Å². The van der Waals surface area contributed by atoms with Gasteiger partial charge in [-0.05, 0) is 55.8 Å². The van der Waals surface area contributed by atoms with Crippen LogP contribution in [0.3, 0.4) is 0 Å². The maximum absolute atomic E-state index is 14.5. The van der Waals surface area contributed by atoms with Crippen LogP contribution in [0.2, 0.25) is 0 Å². The van der Waals surface area contributed by atoms with Gasteiger partial charge in [0.05, 0.1) is 40.1 Å². The molecule has 0 spiro atoms. The number of nitrogens with one attached hydrogen (secondary N) is 1. The lowest BCUT2D eigenvalue weighted by molar-refractivity contribution is -0.152. The second-order valence-electron chi connectivity index (χ2n) is 9.69. The molecular formula is C31H37NO8S. The fraction of sp³-hybridized carbons (Fsp3) is 0.452. The van der Waals surface area contributed by atoms with E-state index in [-0.39, 0.29) is 19.0 Å². The first kappa shape index (κ1) is 30.2. The number of carbonyl (C=O) groups excluding carboxylic acids is 3. The van der Waals surface area contributed by atoms with Gasteiger partial charge in [-0.2, -0.15) is 0 Å². The van der Waals surface area contributed by atoms with E-state index < -0.39 is 29.7 Å². The highest BCUT2D eigenvalue weighted by atomic mass is 32.1. The number of ketones is 1. The molecule has 0 fully saturated rings. The fourth-order valence-electron chi connectivity index (χ4n) is 5.72. The summed E-state index contributed by atoms with van der Waals surface area (Å²) in [5, 5.41) is 5.37. The van der Waals surface area contributed by atoms with Crippen LogP contribution < -0.4 is 19.5 Å². The molecule has 1 N–H and O–H groups in total. The maximum atomic E-state index is 14.5. The van der Waals surface area contributed by atoms with Crippen LogP contribution >= 0.6 is 11.3 Å². The first-order valence-corrected chi connectivity index (χ1v) is 14.7. The topological polar surface area (TPSA) is 109 Å². The Balaban J connectivity index is 2.00. The Bertz CT molecular complexity index is 1340. The molecule has 1 aromatic carbocycles. The Labute approximate surface area is 244 Å². The third-order valence-corrected chi connectivity index (χ3v) is 8.37. The van der Waals surface area contributed by atoms with E-state index in [1.165, 1.54) is 32.7 Å². The number of Topliss-reactive ketones (excluding diaryl/α,β-unsaturated/α-hetero) is 1. The number of esters is 2. The molecule has 0 saturated carbocycles. The van der Waals surface area contributed by atoms with Crippen molar-refractivity contribution in [3.8, 4) is 17.2 Å². The number of thiophene rings is 1. The summed E-state index contributed by atoms with van der Waals surface area (Å²) in [4.78, 5) is 42.4.